The fourth-order valence-corrected chi connectivity index (χ4v) is 4.50. The molecule has 3 aromatic rings. The van der Waals surface area contributed by atoms with Gasteiger partial charge in [-0.1, -0.05) is 38.9 Å². The molecule has 4 rings (SSSR count). The van der Waals surface area contributed by atoms with E-state index < -0.39 is 0 Å². The minimum Gasteiger partial charge on any atom is -0.376 e. The Kier molecular flexibility index (Phi) is 5.27. The van der Waals surface area contributed by atoms with Crippen LogP contribution in [-0.4, -0.2) is 30.1 Å². The second kappa shape index (κ2) is 7.64. The SMILES string of the molecule is O=C(c1ccc(Br)cc1)N(CC1CCCO1)c1nc2ccc(Cl)cc2s1. The Morgan fingerprint density at radius 1 is 1.31 bits per heavy atom. The third-order valence-corrected chi connectivity index (χ3v) is 6.12. The summed E-state index contributed by atoms with van der Waals surface area (Å²) < 4.78 is 7.66. The Bertz CT molecular complexity index is 938. The molecular weight excluding hydrogens is 436 g/mol. The lowest BCUT2D eigenvalue weighted by atomic mass is 10.2. The maximum Gasteiger partial charge on any atom is 0.260 e. The van der Waals surface area contributed by atoms with Crippen molar-refractivity contribution in [2.24, 2.45) is 0 Å². The minimum absolute atomic E-state index is 0.0463. The second-order valence-electron chi connectivity index (χ2n) is 6.17. The summed E-state index contributed by atoms with van der Waals surface area (Å²) in [7, 11) is 0. The zero-order chi connectivity index (χ0) is 18.1. The number of carbonyl (C=O) groups is 1. The van der Waals surface area contributed by atoms with Gasteiger partial charge in [-0.3, -0.25) is 9.69 Å². The topological polar surface area (TPSA) is 42.4 Å². The van der Waals surface area contributed by atoms with Crippen molar-refractivity contribution in [3.05, 3.63) is 57.5 Å². The van der Waals surface area contributed by atoms with Gasteiger partial charge in [0.1, 0.15) is 0 Å². The number of ether oxygens (including phenoxy) is 1. The molecule has 2 heterocycles. The Labute approximate surface area is 168 Å². The molecule has 1 fully saturated rings. The van der Waals surface area contributed by atoms with Gasteiger partial charge in [-0.25, -0.2) is 4.98 Å². The van der Waals surface area contributed by atoms with Gasteiger partial charge in [0.25, 0.3) is 5.91 Å². The Hall–Kier alpha value is -1.47. The van der Waals surface area contributed by atoms with Crippen LogP contribution >= 0.6 is 38.9 Å². The lowest BCUT2D eigenvalue weighted by Gasteiger charge is -2.23. The number of amides is 1. The molecule has 26 heavy (non-hydrogen) atoms. The minimum atomic E-state index is -0.0712. The van der Waals surface area contributed by atoms with Crippen molar-refractivity contribution in [3.63, 3.8) is 0 Å². The number of carbonyl (C=O) groups excluding carboxylic acids is 1. The third-order valence-electron chi connectivity index (χ3n) is 4.32. The molecule has 1 saturated heterocycles. The van der Waals surface area contributed by atoms with Crippen molar-refractivity contribution < 1.29 is 9.53 Å². The predicted molar refractivity (Wildman–Crippen MR) is 109 cm³/mol. The molecule has 1 aliphatic rings. The summed E-state index contributed by atoms with van der Waals surface area (Å²) in [6.07, 6.45) is 2.03. The van der Waals surface area contributed by atoms with Gasteiger partial charge in [0, 0.05) is 21.7 Å². The maximum absolute atomic E-state index is 13.2. The summed E-state index contributed by atoms with van der Waals surface area (Å²) in [4.78, 5) is 19.6. The van der Waals surface area contributed by atoms with Crippen LogP contribution in [0.1, 0.15) is 23.2 Å². The summed E-state index contributed by atoms with van der Waals surface area (Å²) in [6, 6.07) is 13.0. The number of nitrogens with zero attached hydrogens (tertiary/aromatic N) is 2. The van der Waals surface area contributed by atoms with E-state index in [1.807, 2.05) is 42.5 Å². The maximum atomic E-state index is 13.2. The van der Waals surface area contributed by atoms with Crippen molar-refractivity contribution in [1.82, 2.24) is 4.98 Å². The Morgan fingerprint density at radius 3 is 2.85 bits per heavy atom. The summed E-state index contributed by atoms with van der Waals surface area (Å²) in [5.74, 6) is -0.0712. The average molecular weight is 452 g/mol. The van der Waals surface area contributed by atoms with Gasteiger partial charge < -0.3 is 4.74 Å². The number of hydrogen-bond donors (Lipinski definition) is 0. The molecule has 4 nitrogen and oxygen atoms in total. The number of benzene rings is 2. The highest BCUT2D eigenvalue weighted by Gasteiger charge is 2.27. The fraction of sp³-hybridized carbons (Fsp3) is 0.263. The van der Waals surface area contributed by atoms with Crippen LogP contribution < -0.4 is 4.90 Å². The molecule has 0 N–H and O–H groups in total. The van der Waals surface area contributed by atoms with Crippen LogP contribution in [0.15, 0.2) is 46.9 Å². The number of fused-ring (bicyclic) bond motifs is 1. The number of hydrogen-bond acceptors (Lipinski definition) is 4. The van der Waals surface area contributed by atoms with Crippen LogP contribution in [0, 0.1) is 0 Å². The third kappa shape index (κ3) is 3.78. The van der Waals surface area contributed by atoms with Crippen LogP contribution in [-0.2, 0) is 4.74 Å². The van der Waals surface area contributed by atoms with Gasteiger partial charge in [-0.05, 0) is 55.3 Å². The number of rotatable bonds is 4. The van der Waals surface area contributed by atoms with Crippen molar-refractivity contribution >= 4 is 60.1 Å². The Morgan fingerprint density at radius 2 is 2.12 bits per heavy atom. The summed E-state index contributed by atoms with van der Waals surface area (Å²) in [5, 5.41) is 1.34. The lowest BCUT2D eigenvalue weighted by molar-refractivity contribution is 0.0917. The highest BCUT2D eigenvalue weighted by atomic mass is 79.9. The van der Waals surface area contributed by atoms with Crippen LogP contribution in [0.5, 0.6) is 0 Å². The van der Waals surface area contributed by atoms with E-state index in [1.165, 1.54) is 11.3 Å². The molecule has 134 valence electrons. The van der Waals surface area contributed by atoms with Gasteiger partial charge in [0.15, 0.2) is 5.13 Å². The van der Waals surface area contributed by atoms with E-state index in [0.717, 1.165) is 34.1 Å². The summed E-state index contributed by atoms with van der Waals surface area (Å²) in [6.45, 7) is 1.25. The summed E-state index contributed by atoms with van der Waals surface area (Å²) >= 11 is 11.0. The number of anilines is 1. The van der Waals surface area contributed by atoms with E-state index in [2.05, 4.69) is 20.9 Å². The fourth-order valence-electron chi connectivity index (χ4n) is 2.99. The van der Waals surface area contributed by atoms with E-state index >= 15 is 0 Å². The first-order chi connectivity index (χ1) is 12.6. The first kappa shape index (κ1) is 17.9. The molecule has 1 amide bonds. The largest absolute Gasteiger partial charge is 0.376 e. The van der Waals surface area contributed by atoms with Crippen molar-refractivity contribution in [2.75, 3.05) is 18.1 Å². The number of thiazole rings is 1. The standard InChI is InChI=1S/C19H16BrClN2O2S/c20-13-5-3-12(4-6-13)18(24)23(11-15-2-1-9-25-15)19-22-16-8-7-14(21)10-17(16)26-19/h3-8,10,15H,1-2,9,11H2. The van der Waals surface area contributed by atoms with Gasteiger partial charge in [0.2, 0.25) is 0 Å². The molecule has 1 unspecified atom stereocenters. The van der Waals surface area contributed by atoms with Gasteiger partial charge >= 0.3 is 0 Å². The number of aromatic nitrogens is 1. The van der Waals surface area contributed by atoms with Gasteiger partial charge in [0.05, 0.1) is 22.9 Å². The molecule has 1 aliphatic heterocycles. The molecule has 0 aliphatic carbocycles. The lowest BCUT2D eigenvalue weighted by Crippen LogP contribution is -2.37. The zero-order valence-corrected chi connectivity index (χ0v) is 17.0. The van der Waals surface area contributed by atoms with Gasteiger partial charge in [-0.15, -0.1) is 0 Å². The highest BCUT2D eigenvalue weighted by Crippen LogP contribution is 2.32. The zero-order valence-electron chi connectivity index (χ0n) is 13.8. The first-order valence-corrected chi connectivity index (χ1v) is 10.3. The van der Waals surface area contributed by atoms with E-state index in [4.69, 9.17) is 16.3 Å². The predicted octanol–water partition coefficient (Wildman–Crippen LogP) is 5.54. The first-order valence-electron chi connectivity index (χ1n) is 8.35. The van der Waals surface area contributed by atoms with Crippen molar-refractivity contribution in [2.45, 2.75) is 18.9 Å². The molecule has 2 aromatic carbocycles. The van der Waals surface area contributed by atoms with Gasteiger partial charge in [-0.2, -0.15) is 0 Å². The highest BCUT2D eigenvalue weighted by molar-refractivity contribution is 9.10. The molecular formula is C19H16BrClN2O2S. The Balaban J connectivity index is 1.70. The summed E-state index contributed by atoms with van der Waals surface area (Å²) in [5.41, 5.74) is 1.47. The van der Waals surface area contributed by atoms with E-state index in [9.17, 15) is 4.79 Å². The van der Waals surface area contributed by atoms with Crippen LogP contribution in [0.2, 0.25) is 5.02 Å². The number of halogens is 2. The molecule has 7 heteroatoms. The average Bonchev–Trinajstić information content (AvgIpc) is 3.28. The van der Waals surface area contributed by atoms with E-state index in [0.29, 0.717) is 22.3 Å². The van der Waals surface area contributed by atoms with Crippen LogP contribution in [0.3, 0.4) is 0 Å². The second-order valence-corrected chi connectivity index (χ2v) is 8.53. The van der Waals surface area contributed by atoms with E-state index in [1.54, 1.807) is 4.90 Å². The quantitative estimate of drug-likeness (QED) is 0.523. The smallest absolute Gasteiger partial charge is 0.260 e. The van der Waals surface area contributed by atoms with Crippen LogP contribution in [0.25, 0.3) is 10.2 Å². The molecule has 1 aromatic heterocycles. The molecule has 0 saturated carbocycles. The van der Waals surface area contributed by atoms with Crippen LogP contribution in [0.4, 0.5) is 5.13 Å². The molecule has 1 atom stereocenters. The molecule has 0 radical (unpaired) electrons. The van der Waals surface area contributed by atoms with Crippen molar-refractivity contribution in [3.8, 4) is 0 Å². The van der Waals surface area contributed by atoms with E-state index in [-0.39, 0.29) is 12.0 Å². The molecule has 0 spiro atoms. The van der Waals surface area contributed by atoms with Crippen molar-refractivity contribution in [1.29, 1.82) is 0 Å². The normalized spacial score (nSPS) is 16.9. The molecule has 0 bridgehead atoms. The monoisotopic (exact) mass is 450 g/mol.